The molecule has 2 aromatic carbocycles. The summed E-state index contributed by atoms with van der Waals surface area (Å²) in [5.74, 6) is -0.915. The van der Waals surface area contributed by atoms with Crippen LogP contribution in [-0.4, -0.2) is 11.1 Å². The molecule has 0 saturated carbocycles. The zero-order chi connectivity index (χ0) is 19.0. The molecule has 0 spiro atoms. The topological polar surface area (TPSA) is 37.3 Å². The first-order chi connectivity index (χ1) is 11.4. The lowest BCUT2D eigenvalue weighted by atomic mass is 9.78. The van der Waals surface area contributed by atoms with E-state index in [-0.39, 0.29) is 16.4 Å². The van der Waals surface area contributed by atoms with Crippen LogP contribution in [-0.2, 0) is 10.8 Å². The first kappa shape index (κ1) is 19.0. The zero-order valence-electron chi connectivity index (χ0n) is 16.1. The van der Waals surface area contributed by atoms with Gasteiger partial charge in [0.05, 0.1) is 5.56 Å². The van der Waals surface area contributed by atoms with Gasteiger partial charge in [-0.25, -0.2) is 4.79 Å². The van der Waals surface area contributed by atoms with Crippen molar-refractivity contribution in [1.82, 2.24) is 0 Å². The van der Waals surface area contributed by atoms with E-state index in [0.717, 1.165) is 16.7 Å². The molecule has 0 radical (unpaired) electrons. The SMILES string of the molecule is C=C(c1ccc(C(=O)O)cc1)c1cc(C(C)(C)C)cc(C(C)(C)C)c1. The minimum absolute atomic E-state index is 0.0451. The van der Waals surface area contributed by atoms with Gasteiger partial charge in [-0.15, -0.1) is 0 Å². The van der Waals surface area contributed by atoms with Crippen molar-refractivity contribution in [3.05, 3.63) is 76.9 Å². The molecule has 0 aliphatic carbocycles. The average Bonchev–Trinajstić information content (AvgIpc) is 2.52. The summed E-state index contributed by atoms with van der Waals surface area (Å²) >= 11 is 0. The number of carboxylic acids is 1. The Hall–Kier alpha value is -2.35. The summed E-state index contributed by atoms with van der Waals surface area (Å²) < 4.78 is 0. The Kier molecular flexibility index (Phi) is 4.94. The van der Waals surface area contributed by atoms with Gasteiger partial charge >= 0.3 is 5.97 Å². The van der Waals surface area contributed by atoms with E-state index in [2.05, 4.69) is 66.3 Å². The Morgan fingerprint density at radius 1 is 0.760 bits per heavy atom. The Labute approximate surface area is 151 Å². The van der Waals surface area contributed by atoms with Gasteiger partial charge in [-0.3, -0.25) is 0 Å². The van der Waals surface area contributed by atoms with E-state index < -0.39 is 5.97 Å². The van der Waals surface area contributed by atoms with E-state index in [1.165, 1.54) is 11.1 Å². The Morgan fingerprint density at radius 3 is 1.52 bits per heavy atom. The maximum atomic E-state index is 11.0. The third-order valence-electron chi connectivity index (χ3n) is 4.49. The highest BCUT2D eigenvalue weighted by Gasteiger charge is 2.21. The monoisotopic (exact) mass is 336 g/mol. The fourth-order valence-electron chi connectivity index (χ4n) is 2.65. The molecule has 2 nitrogen and oxygen atoms in total. The molecule has 1 N–H and O–H groups in total. The van der Waals surface area contributed by atoms with Gasteiger partial charge in [0.15, 0.2) is 0 Å². The molecule has 2 rings (SSSR count). The second-order valence-electron chi connectivity index (χ2n) is 8.66. The predicted molar refractivity (Wildman–Crippen MR) is 105 cm³/mol. The molecule has 0 saturated heterocycles. The molecule has 0 heterocycles. The number of aromatic carboxylic acids is 1. The van der Waals surface area contributed by atoms with E-state index >= 15 is 0 Å². The Bertz CT molecular complexity index is 765. The molecule has 25 heavy (non-hydrogen) atoms. The lowest BCUT2D eigenvalue weighted by molar-refractivity contribution is 0.0697. The summed E-state index contributed by atoms with van der Waals surface area (Å²) in [6.45, 7) is 17.5. The van der Waals surface area contributed by atoms with E-state index in [4.69, 9.17) is 5.11 Å². The van der Waals surface area contributed by atoms with Crippen LogP contribution in [0.1, 0.15) is 74.2 Å². The van der Waals surface area contributed by atoms with Crippen molar-refractivity contribution in [2.24, 2.45) is 0 Å². The predicted octanol–water partition coefficient (Wildman–Crippen LogP) is 6.04. The average molecular weight is 336 g/mol. The number of benzene rings is 2. The largest absolute Gasteiger partial charge is 0.478 e. The molecule has 0 atom stereocenters. The second kappa shape index (κ2) is 6.51. The van der Waals surface area contributed by atoms with Crippen molar-refractivity contribution in [2.45, 2.75) is 52.4 Å². The number of hydrogen-bond donors (Lipinski definition) is 1. The van der Waals surface area contributed by atoms with E-state index in [1.54, 1.807) is 12.1 Å². The molecule has 0 bridgehead atoms. The molecule has 2 aromatic rings. The number of carboxylic acid groups (broad SMARTS) is 1. The Balaban J connectivity index is 2.53. The van der Waals surface area contributed by atoms with Crippen LogP contribution in [0.3, 0.4) is 0 Å². The van der Waals surface area contributed by atoms with Crippen LogP contribution in [0.15, 0.2) is 49.0 Å². The number of hydrogen-bond acceptors (Lipinski definition) is 1. The van der Waals surface area contributed by atoms with E-state index in [0.29, 0.717) is 0 Å². The van der Waals surface area contributed by atoms with Gasteiger partial charge in [-0.05, 0) is 50.8 Å². The van der Waals surface area contributed by atoms with Crippen LogP contribution >= 0.6 is 0 Å². The molecule has 0 amide bonds. The highest BCUT2D eigenvalue weighted by atomic mass is 16.4. The summed E-state index contributed by atoms with van der Waals surface area (Å²) in [5.41, 5.74) is 5.86. The molecular weight excluding hydrogens is 308 g/mol. The summed E-state index contributed by atoms with van der Waals surface area (Å²) in [4.78, 5) is 11.0. The van der Waals surface area contributed by atoms with Crippen molar-refractivity contribution in [1.29, 1.82) is 0 Å². The van der Waals surface area contributed by atoms with Crippen molar-refractivity contribution >= 4 is 11.5 Å². The molecule has 0 aliphatic rings. The summed E-state index contributed by atoms with van der Waals surface area (Å²) in [6.07, 6.45) is 0. The van der Waals surface area contributed by atoms with Crippen LogP contribution in [0.2, 0.25) is 0 Å². The normalized spacial score (nSPS) is 12.1. The van der Waals surface area contributed by atoms with Gasteiger partial charge < -0.3 is 5.11 Å². The van der Waals surface area contributed by atoms with Crippen LogP contribution in [0.4, 0.5) is 0 Å². The van der Waals surface area contributed by atoms with Gasteiger partial charge in [-0.1, -0.05) is 78.5 Å². The lowest BCUT2D eigenvalue weighted by Gasteiger charge is -2.26. The van der Waals surface area contributed by atoms with Crippen molar-refractivity contribution in [2.75, 3.05) is 0 Å². The van der Waals surface area contributed by atoms with Crippen molar-refractivity contribution in [3.63, 3.8) is 0 Å². The van der Waals surface area contributed by atoms with Gasteiger partial charge in [-0.2, -0.15) is 0 Å². The number of carbonyl (C=O) groups is 1. The van der Waals surface area contributed by atoms with Gasteiger partial charge in [0.2, 0.25) is 0 Å². The molecule has 0 fully saturated rings. The standard InChI is InChI=1S/C23H28O2/c1-15(16-8-10-17(11-9-16)21(24)25)18-12-19(22(2,3)4)14-20(13-18)23(5,6)7/h8-14H,1H2,2-7H3,(H,24,25). The van der Waals surface area contributed by atoms with Gasteiger partial charge in [0.25, 0.3) is 0 Å². The molecular formula is C23H28O2. The molecule has 0 aromatic heterocycles. The molecule has 0 unspecified atom stereocenters. The second-order valence-corrected chi connectivity index (χ2v) is 8.66. The van der Waals surface area contributed by atoms with Gasteiger partial charge in [0, 0.05) is 0 Å². The first-order valence-corrected chi connectivity index (χ1v) is 8.58. The van der Waals surface area contributed by atoms with Gasteiger partial charge in [0.1, 0.15) is 0 Å². The van der Waals surface area contributed by atoms with E-state index in [9.17, 15) is 4.79 Å². The van der Waals surface area contributed by atoms with Crippen LogP contribution < -0.4 is 0 Å². The summed E-state index contributed by atoms with van der Waals surface area (Å²) in [7, 11) is 0. The van der Waals surface area contributed by atoms with Crippen molar-refractivity contribution in [3.8, 4) is 0 Å². The number of rotatable bonds is 3. The van der Waals surface area contributed by atoms with Crippen LogP contribution in [0.5, 0.6) is 0 Å². The zero-order valence-corrected chi connectivity index (χ0v) is 16.1. The molecule has 132 valence electrons. The summed E-state index contributed by atoms with van der Waals surface area (Å²) in [5, 5.41) is 9.06. The van der Waals surface area contributed by atoms with Crippen molar-refractivity contribution < 1.29 is 9.90 Å². The minimum atomic E-state index is -0.915. The third kappa shape index (κ3) is 4.39. The maximum Gasteiger partial charge on any atom is 0.335 e. The highest BCUT2D eigenvalue weighted by Crippen LogP contribution is 2.33. The lowest BCUT2D eigenvalue weighted by Crippen LogP contribution is -2.17. The Morgan fingerprint density at radius 2 is 1.16 bits per heavy atom. The molecule has 0 aliphatic heterocycles. The summed E-state index contributed by atoms with van der Waals surface area (Å²) in [6, 6.07) is 13.6. The fraction of sp³-hybridized carbons (Fsp3) is 0.348. The van der Waals surface area contributed by atoms with E-state index in [1.807, 2.05) is 12.1 Å². The first-order valence-electron chi connectivity index (χ1n) is 8.58. The maximum absolute atomic E-state index is 11.0. The third-order valence-corrected chi connectivity index (χ3v) is 4.49. The van der Waals surface area contributed by atoms with Crippen LogP contribution in [0, 0.1) is 0 Å². The minimum Gasteiger partial charge on any atom is -0.478 e. The van der Waals surface area contributed by atoms with Crippen LogP contribution in [0.25, 0.3) is 5.57 Å². The smallest absolute Gasteiger partial charge is 0.335 e. The molecule has 2 heteroatoms. The fourth-order valence-corrected chi connectivity index (χ4v) is 2.65. The highest BCUT2D eigenvalue weighted by molar-refractivity contribution is 5.88. The quantitative estimate of drug-likeness (QED) is 0.741.